The van der Waals surface area contributed by atoms with Crippen molar-refractivity contribution in [2.24, 2.45) is 0 Å². The molecular formula is C21H26N6O3. The van der Waals surface area contributed by atoms with E-state index in [-0.39, 0.29) is 21.3 Å². The number of rotatable bonds is 4. The first-order chi connectivity index (χ1) is 17.5. The van der Waals surface area contributed by atoms with Crippen LogP contribution in [-0.4, -0.2) is 69.8 Å². The minimum atomic E-state index is -3.39. The van der Waals surface area contributed by atoms with Gasteiger partial charge in [-0.1, -0.05) is 0 Å². The molecule has 1 amide bonds. The zero-order chi connectivity index (χ0) is 28.4. The van der Waals surface area contributed by atoms with Crippen LogP contribution in [0, 0.1) is 6.92 Å². The normalized spacial score (nSPS) is 25.1. The maximum atomic E-state index is 12.7. The molecule has 4 heterocycles. The molecule has 0 saturated carbocycles. The van der Waals surface area contributed by atoms with Crippen LogP contribution in [-0.2, 0) is 4.74 Å². The first-order valence-corrected chi connectivity index (χ1v) is 9.16. The minimum Gasteiger partial charge on any atom is -0.481 e. The molecule has 0 N–H and O–H groups in total. The summed E-state index contributed by atoms with van der Waals surface area (Å²) in [6.07, 6.45) is 0.485. The number of carbonyl (C=O) groups excluding carboxylic acids is 1. The van der Waals surface area contributed by atoms with Gasteiger partial charge in [0.2, 0.25) is 5.88 Å². The lowest BCUT2D eigenvalue weighted by atomic mass is 10.1. The van der Waals surface area contributed by atoms with Crippen LogP contribution in [0.1, 0.15) is 30.5 Å². The van der Waals surface area contributed by atoms with Gasteiger partial charge >= 0.3 is 6.09 Å². The van der Waals surface area contributed by atoms with Crippen LogP contribution in [0.25, 0.3) is 16.8 Å². The number of methoxy groups -OCH3 is 1. The molecule has 1 saturated heterocycles. The number of aryl methyl sites for hydroxylation is 1. The highest BCUT2D eigenvalue weighted by Gasteiger charge is 2.24. The van der Waals surface area contributed by atoms with Crippen LogP contribution in [0.2, 0.25) is 0 Å². The van der Waals surface area contributed by atoms with Crippen molar-refractivity contribution in [1.82, 2.24) is 24.5 Å². The third-order valence-corrected chi connectivity index (χ3v) is 4.13. The average molecular weight is 419 g/mol. The van der Waals surface area contributed by atoms with Gasteiger partial charge in [0, 0.05) is 43.4 Å². The second kappa shape index (κ2) is 8.17. The second-order valence-electron chi connectivity index (χ2n) is 6.67. The van der Waals surface area contributed by atoms with Crippen LogP contribution >= 0.6 is 0 Å². The van der Waals surface area contributed by atoms with Crippen molar-refractivity contribution in [2.45, 2.75) is 26.9 Å². The Morgan fingerprint density at radius 2 is 1.90 bits per heavy atom. The predicted molar refractivity (Wildman–Crippen MR) is 113 cm³/mol. The summed E-state index contributed by atoms with van der Waals surface area (Å²) in [6, 6.07) is 4.64. The quantitative estimate of drug-likeness (QED) is 0.644. The van der Waals surface area contributed by atoms with Gasteiger partial charge < -0.3 is 19.3 Å². The number of nitrogens with zero attached hydrogens (tertiary/aromatic N) is 6. The van der Waals surface area contributed by atoms with Gasteiger partial charge in [0.1, 0.15) is 5.82 Å². The van der Waals surface area contributed by atoms with E-state index in [1.165, 1.54) is 43.9 Å². The van der Waals surface area contributed by atoms with Gasteiger partial charge in [-0.25, -0.2) is 19.3 Å². The molecule has 0 radical (unpaired) electrons. The fraction of sp³-hybridized carbons (Fsp3) is 0.429. The van der Waals surface area contributed by atoms with E-state index in [9.17, 15) is 4.79 Å². The molecule has 3 aromatic heterocycles. The molecule has 9 heteroatoms. The number of fused-ring (bicyclic) bond motifs is 1. The van der Waals surface area contributed by atoms with Crippen molar-refractivity contribution < 1.29 is 25.2 Å². The van der Waals surface area contributed by atoms with Crippen LogP contribution in [0.5, 0.6) is 5.88 Å². The number of amides is 1. The summed E-state index contributed by atoms with van der Waals surface area (Å²) in [7, 11) is 1.44. The van der Waals surface area contributed by atoms with E-state index in [2.05, 4.69) is 15.1 Å². The van der Waals surface area contributed by atoms with E-state index >= 15 is 0 Å². The van der Waals surface area contributed by atoms with Crippen molar-refractivity contribution in [3.63, 3.8) is 0 Å². The third kappa shape index (κ3) is 3.87. The fourth-order valence-corrected chi connectivity index (χ4v) is 2.78. The van der Waals surface area contributed by atoms with Gasteiger partial charge in [-0.15, -0.1) is 0 Å². The maximum absolute atomic E-state index is 12.7. The number of piperazine rings is 1. The zero-order valence-corrected chi connectivity index (χ0v) is 16.9. The number of ether oxygens (including phenoxy) is 2. The number of aromatic nitrogens is 4. The van der Waals surface area contributed by atoms with Gasteiger partial charge in [-0.05, 0) is 39.0 Å². The van der Waals surface area contributed by atoms with Gasteiger partial charge in [-0.2, -0.15) is 5.10 Å². The highest BCUT2D eigenvalue weighted by molar-refractivity contribution is 5.80. The number of pyridine rings is 1. The SMILES string of the molecule is [2H]C1([2H])N(C(=O)OC(C)C)C([2H])([2H])C([2H])([2H])N(c2ccn3ncc(-c4ccc(C)nc4OC)c3n2)C1([2H])[2H]. The van der Waals surface area contributed by atoms with Crippen molar-refractivity contribution in [3.8, 4) is 17.0 Å². The molecule has 4 rings (SSSR count). The summed E-state index contributed by atoms with van der Waals surface area (Å²) in [5, 5.41) is 4.22. The second-order valence-corrected chi connectivity index (χ2v) is 6.67. The average Bonchev–Trinajstić information content (AvgIpc) is 3.20. The summed E-state index contributed by atoms with van der Waals surface area (Å²) in [5.41, 5.74) is 1.72. The van der Waals surface area contributed by atoms with Crippen molar-refractivity contribution in [1.29, 1.82) is 0 Å². The van der Waals surface area contributed by atoms with Crippen LogP contribution in [0.4, 0.5) is 10.6 Å². The van der Waals surface area contributed by atoms with Crippen LogP contribution < -0.4 is 9.64 Å². The lowest BCUT2D eigenvalue weighted by molar-refractivity contribution is 0.0751. The van der Waals surface area contributed by atoms with E-state index in [1.54, 1.807) is 19.1 Å². The molecule has 1 aliphatic heterocycles. The highest BCUT2D eigenvalue weighted by Crippen LogP contribution is 2.31. The Balaban J connectivity index is 1.91. The summed E-state index contributed by atoms with van der Waals surface area (Å²) < 4.78 is 79.9. The summed E-state index contributed by atoms with van der Waals surface area (Å²) >= 11 is 0. The number of carbonyl (C=O) groups is 1. The standard InChI is InChI=1S/C21H26N6O3/c1-14(2)30-21(28)26-11-9-25(10-12-26)18-7-8-27-19(24-18)17(13-22-27)16-6-5-15(3)23-20(16)29-4/h5-8,13-14H,9-12H2,1-4H3/i9D2,10D2,11D2,12D2. The number of anilines is 1. The fourth-order valence-electron chi connectivity index (χ4n) is 2.78. The highest BCUT2D eigenvalue weighted by atomic mass is 16.6. The van der Waals surface area contributed by atoms with E-state index in [0.29, 0.717) is 16.8 Å². The Hall–Kier alpha value is -3.36. The molecule has 0 aromatic carbocycles. The monoisotopic (exact) mass is 418 g/mol. The molecule has 3 aromatic rings. The molecule has 9 nitrogen and oxygen atoms in total. The molecule has 158 valence electrons. The van der Waals surface area contributed by atoms with Crippen molar-refractivity contribution >= 4 is 17.6 Å². The first-order valence-electron chi connectivity index (χ1n) is 13.2. The molecule has 1 aliphatic rings. The number of hydrogen-bond acceptors (Lipinski definition) is 7. The molecule has 30 heavy (non-hydrogen) atoms. The van der Waals surface area contributed by atoms with Crippen LogP contribution in [0.3, 0.4) is 0 Å². The molecule has 0 spiro atoms. The Morgan fingerprint density at radius 3 is 2.60 bits per heavy atom. The summed E-state index contributed by atoms with van der Waals surface area (Å²) in [4.78, 5) is 21.5. The first kappa shape index (κ1) is 12.4. The third-order valence-electron chi connectivity index (χ3n) is 4.13. The van der Waals surface area contributed by atoms with Gasteiger partial charge in [0.05, 0.1) is 35.9 Å². The molecule has 0 unspecified atom stereocenters. The molecular weight excluding hydrogens is 384 g/mol. The topological polar surface area (TPSA) is 85.1 Å². The van der Waals surface area contributed by atoms with E-state index < -0.39 is 44.0 Å². The molecule has 0 aliphatic carbocycles. The molecule has 1 fully saturated rings. The van der Waals surface area contributed by atoms with E-state index in [0.717, 1.165) is 0 Å². The largest absolute Gasteiger partial charge is 0.481 e. The Kier molecular flexibility index (Phi) is 3.37. The smallest absolute Gasteiger partial charge is 0.410 e. The van der Waals surface area contributed by atoms with Crippen molar-refractivity contribution in [3.05, 3.63) is 36.3 Å². The minimum absolute atomic E-state index is 0.126. The van der Waals surface area contributed by atoms with Crippen molar-refractivity contribution in [2.75, 3.05) is 38.0 Å². The Morgan fingerprint density at radius 1 is 1.13 bits per heavy atom. The summed E-state index contributed by atoms with van der Waals surface area (Å²) in [6.45, 7) is -8.74. The summed E-state index contributed by atoms with van der Waals surface area (Å²) in [5.74, 6) is -0.166. The maximum Gasteiger partial charge on any atom is 0.410 e. The Labute approximate surface area is 186 Å². The molecule has 0 atom stereocenters. The van der Waals surface area contributed by atoms with Gasteiger partial charge in [-0.3, -0.25) is 0 Å². The molecule has 0 bridgehead atoms. The lowest BCUT2D eigenvalue weighted by Gasteiger charge is -2.35. The van der Waals surface area contributed by atoms with E-state index in [4.69, 9.17) is 20.4 Å². The van der Waals surface area contributed by atoms with Gasteiger partial charge in [0.15, 0.2) is 5.65 Å². The Bertz CT molecular complexity index is 1370. The van der Waals surface area contributed by atoms with Gasteiger partial charge in [0.25, 0.3) is 0 Å². The zero-order valence-electron chi connectivity index (χ0n) is 24.9. The predicted octanol–water partition coefficient (Wildman–Crippen LogP) is 2.78. The van der Waals surface area contributed by atoms with Crippen LogP contribution in [0.15, 0.2) is 30.6 Å². The lowest BCUT2D eigenvalue weighted by Crippen LogP contribution is -2.49. The number of hydrogen-bond donors (Lipinski definition) is 0. The van der Waals surface area contributed by atoms with E-state index in [1.807, 2.05) is 0 Å².